The van der Waals surface area contributed by atoms with Crippen molar-refractivity contribution in [2.75, 3.05) is 0 Å². The summed E-state index contributed by atoms with van der Waals surface area (Å²) in [4.78, 5) is 22.7. The van der Waals surface area contributed by atoms with Crippen LogP contribution < -0.4 is 5.32 Å². The Balaban J connectivity index is 2.61. The van der Waals surface area contributed by atoms with Crippen LogP contribution in [0, 0.1) is 0 Å². The third-order valence-electron chi connectivity index (χ3n) is 2.78. The molecule has 1 atom stereocenters. The molecule has 5 heteroatoms. The molecule has 0 bridgehead atoms. The standard InChI is InChI=1S/C15H18ClNO3/c1-2-3-8-13(15(19)20)17-14(18)10-9-11-6-4-5-7-12(11)16/h4-7,9-10,13H,2-3,8H2,1H3,(H,17,18)(H,19,20)/b10-9+. The molecule has 0 aliphatic heterocycles. The molecule has 0 heterocycles. The molecule has 1 rings (SSSR count). The van der Waals surface area contributed by atoms with E-state index in [1.54, 1.807) is 24.3 Å². The zero-order valence-electron chi connectivity index (χ0n) is 11.3. The molecule has 108 valence electrons. The Morgan fingerprint density at radius 2 is 2.10 bits per heavy atom. The van der Waals surface area contributed by atoms with Gasteiger partial charge in [-0.3, -0.25) is 4.79 Å². The molecule has 1 amide bonds. The van der Waals surface area contributed by atoms with Crippen LogP contribution in [0.1, 0.15) is 31.7 Å². The van der Waals surface area contributed by atoms with Crippen molar-refractivity contribution in [3.63, 3.8) is 0 Å². The van der Waals surface area contributed by atoms with Crippen molar-refractivity contribution in [3.8, 4) is 0 Å². The van der Waals surface area contributed by atoms with E-state index in [0.717, 1.165) is 12.8 Å². The van der Waals surface area contributed by atoms with E-state index in [9.17, 15) is 9.59 Å². The summed E-state index contributed by atoms with van der Waals surface area (Å²) in [5.74, 6) is -1.45. The highest BCUT2D eigenvalue weighted by Crippen LogP contribution is 2.16. The number of amides is 1. The normalized spacial score (nSPS) is 12.3. The number of hydrogen-bond donors (Lipinski definition) is 2. The van der Waals surface area contributed by atoms with Gasteiger partial charge in [0.25, 0.3) is 0 Å². The Labute approximate surface area is 123 Å². The van der Waals surface area contributed by atoms with Crippen molar-refractivity contribution < 1.29 is 14.7 Å². The van der Waals surface area contributed by atoms with Crippen LogP contribution in [0.3, 0.4) is 0 Å². The predicted octanol–water partition coefficient (Wildman–Crippen LogP) is 3.11. The second-order valence-electron chi connectivity index (χ2n) is 4.40. The number of carboxylic acids is 1. The van der Waals surface area contributed by atoms with Gasteiger partial charge in [0.15, 0.2) is 0 Å². The topological polar surface area (TPSA) is 66.4 Å². The van der Waals surface area contributed by atoms with Crippen LogP contribution in [-0.4, -0.2) is 23.0 Å². The summed E-state index contributed by atoms with van der Waals surface area (Å²) in [6.07, 6.45) is 4.93. The van der Waals surface area contributed by atoms with Gasteiger partial charge in [0, 0.05) is 11.1 Å². The van der Waals surface area contributed by atoms with Crippen molar-refractivity contribution in [1.29, 1.82) is 0 Å². The maximum absolute atomic E-state index is 11.7. The molecular weight excluding hydrogens is 278 g/mol. The highest BCUT2D eigenvalue weighted by atomic mass is 35.5. The van der Waals surface area contributed by atoms with Gasteiger partial charge < -0.3 is 10.4 Å². The fourth-order valence-electron chi connectivity index (χ4n) is 1.66. The van der Waals surface area contributed by atoms with Crippen LogP contribution in [-0.2, 0) is 9.59 Å². The van der Waals surface area contributed by atoms with E-state index in [4.69, 9.17) is 16.7 Å². The van der Waals surface area contributed by atoms with Crippen LogP contribution in [0.2, 0.25) is 5.02 Å². The minimum Gasteiger partial charge on any atom is -0.480 e. The van der Waals surface area contributed by atoms with Crippen LogP contribution >= 0.6 is 11.6 Å². The lowest BCUT2D eigenvalue weighted by Crippen LogP contribution is -2.39. The lowest BCUT2D eigenvalue weighted by molar-refractivity contribution is -0.141. The Kier molecular flexibility index (Phi) is 6.81. The Morgan fingerprint density at radius 1 is 1.40 bits per heavy atom. The largest absolute Gasteiger partial charge is 0.480 e. The summed E-state index contributed by atoms with van der Waals surface area (Å²) < 4.78 is 0. The molecule has 0 aliphatic carbocycles. The molecule has 20 heavy (non-hydrogen) atoms. The van der Waals surface area contributed by atoms with E-state index in [0.29, 0.717) is 17.0 Å². The molecule has 0 fully saturated rings. The number of hydrogen-bond acceptors (Lipinski definition) is 2. The van der Waals surface area contributed by atoms with Crippen molar-refractivity contribution in [3.05, 3.63) is 40.9 Å². The van der Waals surface area contributed by atoms with Crippen LogP contribution in [0.15, 0.2) is 30.3 Å². The number of nitrogens with one attached hydrogen (secondary N) is 1. The summed E-state index contributed by atoms with van der Waals surface area (Å²) >= 11 is 5.96. The molecule has 0 spiro atoms. The first kappa shape index (κ1) is 16.2. The lowest BCUT2D eigenvalue weighted by atomic mass is 10.1. The van der Waals surface area contributed by atoms with Gasteiger partial charge in [0.05, 0.1) is 0 Å². The van der Waals surface area contributed by atoms with Gasteiger partial charge in [0.1, 0.15) is 6.04 Å². The first-order valence-corrected chi connectivity index (χ1v) is 6.88. The first-order valence-electron chi connectivity index (χ1n) is 6.50. The molecule has 0 saturated carbocycles. The summed E-state index contributed by atoms with van der Waals surface area (Å²) in [6.45, 7) is 1.97. The number of unbranched alkanes of at least 4 members (excludes halogenated alkanes) is 1. The Morgan fingerprint density at radius 3 is 2.70 bits per heavy atom. The highest BCUT2D eigenvalue weighted by molar-refractivity contribution is 6.32. The Hall–Kier alpha value is -1.81. The summed E-state index contributed by atoms with van der Waals surface area (Å²) in [7, 11) is 0. The van der Waals surface area contributed by atoms with Crippen LogP contribution in [0.25, 0.3) is 6.08 Å². The van der Waals surface area contributed by atoms with E-state index >= 15 is 0 Å². The molecule has 0 aromatic heterocycles. The Bertz CT molecular complexity index is 500. The smallest absolute Gasteiger partial charge is 0.326 e. The van der Waals surface area contributed by atoms with Crippen molar-refractivity contribution in [1.82, 2.24) is 5.32 Å². The summed E-state index contributed by atoms with van der Waals surface area (Å²) in [5.41, 5.74) is 0.713. The van der Waals surface area contributed by atoms with E-state index in [-0.39, 0.29) is 0 Å². The van der Waals surface area contributed by atoms with E-state index in [1.807, 2.05) is 13.0 Å². The highest BCUT2D eigenvalue weighted by Gasteiger charge is 2.17. The number of carbonyl (C=O) groups excluding carboxylic acids is 1. The van der Waals surface area contributed by atoms with E-state index < -0.39 is 17.9 Å². The molecule has 0 aliphatic rings. The van der Waals surface area contributed by atoms with Gasteiger partial charge in [-0.2, -0.15) is 0 Å². The molecular formula is C15H18ClNO3. The molecule has 0 radical (unpaired) electrons. The van der Waals surface area contributed by atoms with E-state index in [2.05, 4.69) is 5.32 Å². The zero-order valence-corrected chi connectivity index (χ0v) is 12.1. The van der Waals surface area contributed by atoms with Crippen LogP contribution in [0.4, 0.5) is 0 Å². The molecule has 4 nitrogen and oxygen atoms in total. The predicted molar refractivity (Wildman–Crippen MR) is 79.6 cm³/mol. The quantitative estimate of drug-likeness (QED) is 0.760. The maximum atomic E-state index is 11.7. The molecule has 2 N–H and O–H groups in total. The monoisotopic (exact) mass is 295 g/mol. The minimum atomic E-state index is -1.02. The lowest BCUT2D eigenvalue weighted by Gasteiger charge is -2.12. The summed E-state index contributed by atoms with van der Waals surface area (Å²) in [5, 5.41) is 12.0. The van der Waals surface area contributed by atoms with Gasteiger partial charge in [-0.15, -0.1) is 0 Å². The number of aliphatic carboxylic acids is 1. The maximum Gasteiger partial charge on any atom is 0.326 e. The van der Waals surface area contributed by atoms with Crippen molar-refractivity contribution >= 4 is 29.6 Å². The molecule has 1 aromatic rings. The summed E-state index contributed by atoms with van der Waals surface area (Å²) in [6, 6.07) is 6.26. The van der Waals surface area contributed by atoms with Crippen LogP contribution in [0.5, 0.6) is 0 Å². The number of carbonyl (C=O) groups is 2. The fraction of sp³-hybridized carbons (Fsp3) is 0.333. The first-order chi connectivity index (χ1) is 9.54. The van der Waals surface area contributed by atoms with Gasteiger partial charge in [-0.05, 0) is 24.1 Å². The number of rotatable bonds is 7. The number of halogens is 1. The van der Waals surface area contributed by atoms with Gasteiger partial charge in [0.2, 0.25) is 5.91 Å². The van der Waals surface area contributed by atoms with Crippen molar-refractivity contribution in [2.45, 2.75) is 32.2 Å². The zero-order chi connectivity index (χ0) is 15.0. The number of benzene rings is 1. The van der Waals surface area contributed by atoms with Crippen molar-refractivity contribution in [2.24, 2.45) is 0 Å². The molecule has 0 saturated heterocycles. The van der Waals surface area contributed by atoms with Gasteiger partial charge in [-0.1, -0.05) is 49.6 Å². The SMILES string of the molecule is CCCCC(NC(=O)/C=C/c1ccccc1Cl)C(=O)O. The van der Waals surface area contributed by atoms with Gasteiger partial charge in [-0.25, -0.2) is 4.79 Å². The average molecular weight is 296 g/mol. The third-order valence-corrected chi connectivity index (χ3v) is 3.12. The fourth-order valence-corrected chi connectivity index (χ4v) is 1.86. The molecule has 1 aromatic carbocycles. The minimum absolute atomic E-state index is 0.428. The van der Waals surface area contributed by atoms with E-state index in [1.165, 1.54) is 6.08 Å². The third kappa shape index (κ3) is 5.45. The second kappa shape index (κ2) is 8.38. The average Bonchev–Trinajstić information content (AvgIpc) is 2.42. The number of carboxylic acid groups (broad SMARTS) is 1. The second-order valence-corrected chi connectivity index (χ2v) is 4.80. The molecule has 1 unspecified atom stereocenters. The van der Waals surface area contributed by atoms with Gasteiger partial charge >= 0.3 is 5.97 Å².